The van der Waals surface area contributed by atoms with Crippen LogP contribution in [0.1, 0.15) is 43.6 Å². The summed E-state index contributed by atoms with van der Waals surface area (Å²) in [7, 11) is 1.48. The van der Waals surface area contributed by atoms with Gasteiger partial charge in [0, 0.05) is 0 Å². The van der Waals surface area contributed by atoms with Gasteiger partial charge in [-0.25, -0.2) is 0 Å². The quantitative estimate of drug-likeness (QED) is 0.219. The van der Waals surface area contributed by atoms with Crippen LogP contribution in [0.15, 0.2) is 40.0 Å². The van der Waals surface area contributed by atoms with Crippen molar-refractivity contribution in [3.8, 4) is 17.4 Å². The van der Waals surface area contributed by atoms with Crippen LogP contribution in [0.5, 0.6) is 17.4 Å². The number of oxime groups is 1. The lowest BCUT2D eigenvalue weighted by atomic mass is 10.1. The summed E-state index contributed by atoms with van der Waals surface area (Å²) >= 11 is 0. The summed E-state index contributed by atoms with van der Waals surface area (Å²) in [6, 6.07) is 5.71. The molecule has 158 valence electrons. The molecule has 0 atom stereocenters. The molecular formula is C22H30N2O5. The number of aryl methyl sites for hydroxylation is 2. The van der Waals surface area contributed by atoms with Gasteiger partial charge in [0.2, 0.25) is 0 Å². The highest BCUT2D eigenvalue weighted by Gasteiger charge is 2.09. The molecule has 0 radical (unpaired) electrons. The first kappa shape index (κ1) is 22.3. The highest BCUT2D eigenvalue weighted by molar-refractivity contribution is 5.95. The minimum atomic E-state index is 0.437. The molecule has 0 aliphatic heterocycles. The van der Waals surface area contributed by atoms with Crippen LogP contribution in [0.25, 0.3) is 0 Å². The van der Waals surface area contributed by atoms with Crippen molar-refractivity contribution in [2.75, 3.05) is 26.9 Å². The molecule has 2 aromatic rings. The van der Waals surface area contributed by atoms with Gasteiger partial charge < -0.3 is 23.6 Å². The van der Waals surface area contributed by atoms with Crippen molar-refractivity contribution in [1.29, 1.82) is 0 Å². The van der Waals surface area contributed by atoms with Crippen LogP contribution in [0.4, 0.5) is 0 Å². The number of hydrogen-bond donors (Lipinski definition) is 0. The lowest BCUT2D eigenvalue weighted by Gasteiger charge is -2.14. The second-order valence-corrected chi connectivity index (χ2v) is 6.56. The van der Waals surface area contributed by atoms with E-state index in [0.29, 0.717) is 37.2 Å². The van der Waals surface area contributed by atoms with E-state index in [1.807, 2.05) is 45.1 Å². The van der Waals surface area contributed by atoms with Gasteiger partial charge in [0.05, 0.1) is 19.3 Å². The molecule has 0 fully saturated rings. The molecule has 0 spiro atoms. The van der Waals surface area contributed by atoms with Crippen molar-refractivity contribution in [1.82, 2.24) is 5.16 Å². The maximum absolute atomic E-state index is 5.97. The molecule has 0 unspecified atom stereocenters. The molecule has 1 aromatic carbocycles. The van der Waals surface area contributed by atoms with Crippen molar-refractivity contribution in [2.45, 2.75) is 40.5 Å². The first-order chi connectivity index (χ1) is 14.0. The number of hydrogen-bond acceptors (Lipinski definition) is 7. The average Bonchev–Trinajstić information content (AvgIpc) is 3.16. The molecular weight excluding hydrogens is 372 g/mol. The minimum absolute atomic E-state index is 0.437. The van der Waals surface area contributed by atoms with Crippen LogP contribution in [0.3, 0.4) is 0 Å². The normalized spacial score (nSPS) is 11.7. The van der Waals surface area contributed by atoms with Crippen molar-refractivity contribution in [2.24, 2.45) is 5.16 Å². The van der Waals surface area contributed by atoms with Crippen LogP contribution < -0.4 is 14.2 Å². The zero-order chi connectivity index (χ0) is 21.1. The summed E-state index contributed by atoms with van der Waals surface area (Å²) in [5.74, 6) is 2.73. The van der Waals surface area contributed by atoms with E-state index in [4.69, 9.17) is 23.6 Å². The summed E-state index contributed by atoms with van der Waals surface area (Å²) in [4.78, 5) is 4.71. The van der Waals surface area contributed by atoms with Gasteiger partial charge in [-0.15, -0.1) is 0 Å². The number of nitrogens with zero attached hydrogens (tertiary/aromatic N) is 2. The Balaban J connectivity index is 1.72. The maximum atomic E-state index is 5.97. The molecule has 7 nitrogen and oxygen atoms in total. The van der Waals surface area contributed by atoms with E-state index in [-0.39, 0.29) is 0 Å². The maximum Gasteiger partial charge on any atom is 0.254 e. The number of aromatic nitrogens is 1. The van der Waals surface area contributed by atoms with Crippen LogP contribution in [0.2, 0.25) is 0 Å². The third-order valence-corrected chi connectivity index (χ3v) is 4.12. The summed E-state index contributed by atoms with van der Waals surface area (Å²) in [5.41, 5.74) is 2.74. The van der Waals surface area contributed by atoms with Gasteiger partial charge >= 0.3 is 0 Å². The molecule has 2 rings (SSSR count). The molecule has 0 aliphatic carbocycles. The summed E-state index contributed by atoms with van der Waals surface area (Å²) < 4.78 is 22.4. The summed E-state index contributed by atoms with van der Waals surface area (Å²) in [6.07, 6.45) is 5.66. The number of allylic oxidation sites excluding steroid dienone is 1. The molecule has 1 heterocycles. The summed E-state index contributed by atoms with van der Waals surface area (Å²) in [6.45, 7) is 9.54. The number of unbranched alkanes of at least 4 members (excludes halogenated alkanes) is 1. The Labute approximate surface area is 172 Å². The van der Waals surface area contributed by atoms with E-state index in [0.717, 1.165) is 35.5 Å². The van der Waals surface area contributed by atoms with Gasteiger partial charge in [0.1, 0.15) is 30.9 Å². The fourth-order valence-electron chi connectivity index (χ4n) is 2.70. The zero-order valence-corrected chi connectivity index (χ0v) is 17.9. The number of benzene rings is 1. The molecule has 0 aliphatic rings. The monoisotopic (exact) mass is 402 g/mol. The first-order valence-corrected chi connectivity index (χ1v) is 9.70. The predicted octanol–water partition coefficient (Wildman–Crippen LogP) is 4.85. The zero-order valence-electron chi connectivity index (χ0n) is 17.9. The lowest BCUT2D eigenvalue weighted by Crippen LogP contribution is -2.05. The number of rotatable bonds is 12. The van der Waals surface area contributed by atoms with E-state index in [1.165, 1.54) is 7.11 Å². The molecule has 7 heteroatoms. The highest BCUT2D eigenvalue weighted by atomic mass is 16.6. The SMILES string of the molecule is C/C=C/COc1cc(C)c(OCCCCOc2cc(C(C)=NOC)on2)c(C)c1. The molecule has 29 heavy (non-hydrogen) atoms. The Morgan fingerprint density at radius 3 is 2.41 bits per heavy atom. The molecule has 0 saturated heterocycles. The van der Waals surface area contributed by atoms with Gasteiger partial charge in [-0.1, -0.05) is 17.3 Å². The van der Waals surface area contributed by atoms with Gasteiger partial charge in [-0.3, -0.25) is 0 Å². The summed E-state index contributed by atoms with van der Waals surface area (Å²) in [5, 5.41) is 7.66. The second-order valence-electron chi connectivity index (χ2n) is 6.56. The van der Waals surface area contributed by atoms with Crippen LogP contribution >= 0.6 is 0 Å². The molecule has 0 bridgehead atoms. The van der Waals surface area contributed by atoms with Crippen LogP contribution in [-0.4, -0.2) is 37.8 Å². The van der Waals surface area contributed by atoms with E-state index < -0.39 is 0 Å². The Bertz CT molecular complexity index is 803. The van der Waals surface area contributed by atoms with Crippen LogP contribution in [0, 0.1) is 13.8 Å². The topological polar surface area (TPSA) is 75.3 Å². The smallest absolute Gasteiger partial charge is 0.254 e. The second kappa shape index (κ2) is 11.8. The van der Waals surface area contributed by atoms with Gasteiger partial charge in [-0.05, 0) is 69.0 Å². The average molecular weight is 402 g/mol. The lowest BCUT2D eigenvalue weighted by molar-refractivity contribution is 0.212. The number of ether oxygens (including phenoxy) is 3. The molecule has 0 saturated carbocycles. The van der Waals surface area contributed by atoms with Crippen molar-refractivity contribution < 1.29 is 23.6 Å². The van der Waals surface area contributed by atoms with E-state index in [9.17, 15) is 0 Å². The Morgan fingerprint density at radius 2 is 1.76 bits per heavy atom. The van der Waals surface area contributed by atoms with Gasteiger partial charge in [-0.2, -0.15) is 0 Å². The fourth-order valence-corrected chi connectivity index (χ4v) is 2.70. The molecule has 0 N–H and O–H groups in total. The minimum Gasteiger partial charge on any atom is -0.493 e. The highest BCUT2D eigenvalue weighted by Crippen LogP contribution is 2.28. The fraction of sp³-hybridized carbons (Fsp3) is 0.455. The standard InChI is InChI=1S/C22H30N2O5/c1-6-7-10-26-19-13-16(2)22(17(3)14-19)28-12-9-8-11-27-21-15-20(29-24-21)18(4)23-25-5/h6-7,13-15H,8-12H2,1-5H3/b7-6+,23-18?. The predicted molar refractivity (Wildman–Crippen MR) is 112 cm³/mol. The van der Waals surface area contributed by atoms with Crippen molar-refractivity contribution in [3.05, 3.63) is 47.2 Å². The first-order valence-electron chi connectivity index (χ1n) is 9.70. The third-order valence-electron chi connectivity index (χ3n) is 4.12. The van der Waals surface area contributed by atoms with Crippen molar-refractivity contribution in [3.63, 3.8) is 0 Å². The van der Waals surface area contributed by atoms with E-state index in [1.54, 1.807) is 13.0 Å². The largest absolute Gasteiger partial charge is 0.493 e. The van der Waals surface area contributed by atoms with Crippen LogP contribution in [-0.2, 0) is 4.84 Å². The molecule has 0 amide bonds. The van der Waals surface area contributed by atoms with E-state index in [2.05, 4.69) is 10.3 Å². The van der Waals surface area contributed by atoms with Gasteiger partial charge in [0.25, 0.3) is 5.88 Å². The van der Waals surface area contributed by atoms with Crippen molar-refractivity contribution >= 4 is 5.71 Å². The Hall–Kier alpha value is -2.96. The molecule has 1 aromatic heterocycles. The Morgan fingerprint density at radius 1 is 1.07 bits per heavy atom. The Kier molecular flexibility index (Phi) is 9.08. The van der Waals surface area contributed by atoms with Gasteiger partial charge in [0.15, 0.2) is 5.76 Å². The third kappa shape index (κ3) is 7.18. The van der Waals surface area contributed by atoms with E-state index >= 15 is 0 Å².